The molecule has 0 aromatic carbocycles. The first-order valence-electron chi connectivity index (χ1n) is 6.47. The highest BCUT2D eigenvalue weighted by atomic mass is 16.5. The average molecular weight is 236 g/mol. The van der Waals surface area contributed by atoms with E-state index in [2.05, 4.69) is 24.1 Å². The van der Waals surface area contributed by atoms with Crippen LogP contribution in [0.15, 0.2) is 18.3 Å². The number of aromatic nitrogens is 1. The van der Waals surface area contributed by atoms with E-state index in [4.69, 9.17) is 4.74 Å². The van der Waals surface area contributed by atoms with Crippen molar-refractivity contribution < 1.29 is 4.74 Å². The number of hydrogen-bond donors (Lipinski definition) is 1. The van der Waals surface area contributed by atoms with Gasteiger partial charge in [-0.15, -0.1) is 0 Å². The Morgan fingerprint density at radius 1 is 1.24 bits per heavy atom. The average Bonchev–Trinajstić information content (AvgIpc) is 2.30. The SMILES string of the molecule is Cc1ccc(OCCCCCNC(C)C)cn1. The molecule has 0 aliphatic rings. The van der Waals surface area contributed by atoms with E-state index in [1.54, 1.807) is 6.20 Å². The molecule has 3 heteroatoms. The summed E-state index contributed by atoms with van der Waals surface area (Å²) >= 11 is 0. The van der Waals surface area contributed by atoms with Gasteiger partial charge >= 0.3 is 0 Å². The van der Waals surface area contributed by atoms with E-state index in [9.17, 15) is 0 Å². The molecule has 1 heterocycles. The zero-order valence-electron chi connectivity index (χ0n) is 11.2. The third kappa shape index (κ3) is 6.95. The van der Waals surface area contributed by atoms with Gasteiger partial charge in [0.25, 0.3) is 0 Å². The Morgan fingerprint density at radius 2 is 2.06 bits per heavy atom. The molecule has 0 amide bonds. The van der Waals surface area contributed by atoms with E-state index in [1.165, 1.54) is 12.8 Å². The maximum Gasteiger partial charge on any atom is 0.137 e. The monoisotopic (exact) mass is 236 g/mol. The van der Waals surface area contributed by atoms with E-state index < -0.39 is 0 Å². The number of hydrogen-bond acceptors (Lipinski definition) is 3. The van der Waals surface area contributed by atoms with Crippen LogP contribution in [0.5, 0.6) is 5.75 Å². The van der Waals surface area contributed by atoms with E-state index in [0.717, 1.165) is 31.0 Å². The first-order chi connectivity index (χ1) is 8.18. The minimum Gasteiger partial charge on any atom is -0.492 e. The van der Waals surface area contributed by atoms with Gasteiger partial charge in [-0.05, 0) is 44.9 Å². The molecule has 0 spiro atoms. The summed E-state index contributed by atoms with van der Waals surface area (Å²) in [7, 11) is 0. The fourth-order valence-corrected chi connectivity index (χ4v) is 1.52. The summed E-state index contributed by atoms with van der Waals surface area (Å²) in [5.41, 5.74) is 1.03. The lowest BCUT2D eigenvalue weighted by atomic mass is 10.2. The second-order valence-corrected chi connectivity index (χ2v) is 4.65. The second-order valence-electron chi connectivity index (χ2n) is 4.65. The lowest BCUT2D eigenvalue weighted by Crippen LogP contribution is -2.23. The van der Waals surface area contributed by atoms with Gasteiger partial charge in [-0.25, -0.2) is 0 Å². The lowest BCUT2D eigenvalue weighted by Gasteiger charge is -2.08. The molecular formula is C14H24N2O. The van der Waals surface area contributed by atoms with Crippen LogP contribution >= 0.6 is 0 Å². The highest BCUT2D eigenvalue weighted by Crippen LogP contribution is 2.09. The van der Waals surface area contributed by atoms with Gasteiger partial charge in [0.2, 0.25) is 0 Å². The number of aryl methyl sites for hydroxylation is 1. The van der Waals surface area contributed by atoms with E-state index in [1.807, 2.05) is 19.1 Å². The van der Waals surface area contributed by atoms with Crippen LogP contribution in [0.2, 0.25) is 0 Å². The minimum absolute atomic E-state index is 0.588. The molecular weight excluding hydrogens is 212 g/mol. The number of nitrogens with one attached hydrogen (secondary N) is 1. The topological polar surface area (TPSA) is 34.1 Å². The Bertz CT molecular complexity index is 296. The smallest absolute Gasteiger partial charge is 0.137 e. The molecule has 0 saturated carbocycles. The van der Waals surface area contributed by atoms with Crippen molar-refractivity contribution in [3.63, 3.8) is 0 Å². The van der Waals surface area contributed by atoms with Crippen molar-refractivity contribution in [3.05, 3.63) is 24.0 Å². The van der Waals surface area contributed by atoms with Crippen molar-refractivity contribution >= 4 is 0 Å². The van der Waals surface area contributed by atoms with Crippen molar-refractivity contribution in [1.29, 1.82) is 0 Å². The Morgan fingerprint density at radius 3 is 2.71 bits per heavy atom. The van der Waals surface area contributed by atoms with Crippen molar-refractivity contribution in [2.45, 2.75) is 46.1 Å². The molecule has 0 bridgehead atoms. The Balaban J connectivity index is 1.99. The molecule has 0 fully saturated rings. The number of unbranched alkanes of at least 4 members (excludes halogenated alkanes) is 2. The van der Waals surface area contributed by atoms with Crippen LogP contribution in [0.25, 0.3) is 0 Å². The van der Waals surface area contributed by atoms with Crippen LogP contribution in [0.1, 0.15) is 38.8 Å². The molecule has 1 aromatic heterocycles. The lowest BCUT2D eigenvalue weighted by molar-refractivity contribution is 0.303. The third-order valence-electron chi connectivity index (χ3n) is 2.53. The summed E-state index contributed by atoms with van der Waals surface area (Å²) in [6, 6.07) is 4.54. The first kappa shape index (κ1) is 14.0. The van der Waals surface area contributed by atoms with Crippen LogP contribution in [0, 0.1) is 6.92 Å². The molecule has 0 radical (unpaired) electrons. The fraction of sp³-hybridized carbons (Fsp3) is 0.643. The maximum absolute atomic E-state index is 5.61. The summed E-state index contributed by atoms with van der Waals surface area (Å²) in [5, 5.41) is 3.41. The normalized spacial score (nSPS) is 10.8. The van der Waals surface area contributed by atoms with E-state index >= 15 is 0 Å². The van der Waals surface area contributed by atoms with Gasteiger partial charge in [0.1, 0.15) is 5.75 Å². The molecule has 0 aliphatic carbocycles. The minimum atomic E-state index is 0.588. The molecule has 3 nitrogen and oxygen atoms in total. The van der Waals surface area contributed by atoms with Crippen LogP contribution < -0.4 is 10.1 Å². The Hall–Kier alpha value is -1.09. The van der Waals surface area contributed by atoms with E-state index in [-0.39, 0.29) is 0 Å². The number of rotatable bonds is 8. The van der Waals surface area contributed by atoms with Crippen LogP contribution in [0.4, 0.5) is 0 Å². The van der Waals surface area contributed by atoms with Crippen LogP contribution in [-0.4, -0.2) is 24.2 Å². The Kier molecular flexibility index (Phi) is 6.63. The molecule has 17 heavy (non-hydrogen) atoms. The Labute approximate surface area is 105 Å². The van der Waals surface area contributed by atoms with Crippen molar-refractivity contribution in [2.24, 2.45) is 0 Å². The van der Waals surface area contributed by atoms with Gasteiger partial charge in [0.15, 0.2) is 0 Å². The summed E-state index contributed by atoms with van der Waals surface area (Å²) < 4.78 is 5.61. The fourth-order valence-electron chi connectivity index (χ4n) is 1.52. The van der Waals surface area contributed by atoms with Gasteiger partial charge in [0, 0.05) is 11.7 Å². The van der Waals surface area contributed by atoms with Gasteiger partial charge in [-0.2, -0.15) is 0 Å². The zero-order valence-corrected chi connectivity index (χ0v) is 11.2. The molecule has 0 aliphatic heterocycles. The van der Waals surface area contributed by atoms with Crippen LogP contribution in [-0.2, 0) is 0 Å². The molecule has 0 atom stereocenters. The van der Waals surface area contributed by atoms with Gasteiger partial charge in [0.05, 0.1) is 12.8 Å². The van der Waals surface area contributed by atoms with Gasteiger partial charge in [-0.1, -0.05) is 13.8 Å². The summed E-state index contributed by atoms with van der Waals surface area (Å²) in [6.07, 6.45) is 5.32. The summed E-state index contributed by atoms with van der Waals surface area (Å²) in [4.78, 5) is 4.19. The maximum atomic E-state index is 5.61. The number of pyridine rings is 1. The summed E-state index contributed by atoms with van der Waals surface area (Å²) in [5.74, 6) is 0.871. The van der Waals surface area contributed by atoms with E-state index in [0.29, 0.717) is 6.04 Å². The zero-order chi connectivity index (χ0) is 12.5. The van der Waals surface area contributed by atoms with Gasteiger partial charge < -0.3 is 10.1 Å². The molecule has 0 unspecified atom stereocenters. The second kappa shape index (κ2) is 8.07. The van der Waals surface area contributed by atoms with Crippen LogP contribution in [0.3, 0.4) is 0 Å². The third-order valence-corrected chi connectivity index (χ3v) is 2.53. The van der Waals surface area contributed by atoms with Gasteiger partial charge in [-0.3, -0.25) is 4.98 Å². The molecule has 1 N–H and O–H groups in total. The quantitative estimate of drug-likeness (QED) is 0.705. The first-order valence-corrected chi connectivity index (χ1v) is 6.47. The predicted molar refractivity (Wildman–Crippen MR) is 71.5 cm³/mol. The molecule has 96 valence electrons. The van der Waals surface area contributed by atoms with Crippen molar-refractivity contribution in [3.8, 4) is 5.75 Å². The molecule has 0 saturated heterocycles. The molecule has 1 aromatic rings. The predicted octanol–water partition coefficient (Wildman–Crippen LogP) is 2.94. The largest absolute Gasteiger partial charge is 0.492 e. The standard InChI is InChI=1S/C14H24N2O/c1-12(2)15-9-5-4-6-10-17-14-8-7-13(3)16-11-14/h7-8,11-12,15H,4-6,9-10H2,1-3H3. The van der Waals surface area contributed by atoms with Crippen molar-refractivity contribution in [2.75, 3.05) is 13.2 Å². The van der Waals surface area contributed by atoms with Crippen molar-refractivity contribution in [1.82, 2.24) is 10.3 Å². The highest BCUT2D eigenvalue weighted by molar-refractivity contribution is 5.18. The number of nitrogens with zero attached hydrogens (tertiary/aromatic N) is 1. The molecule has 1 rings (SSSR count). The number of ether oxygens (including phenoxy) is 1. The summed E-state index contributed by atoms with van der Waals surface area (Å²) in [6.45, 7) is 8.21. The highest BCUT2D eigenvalue weighted by Gasteiger charge is 1.95.